The van der Waals surface area contributed by atoms with E-state index in [1.807, 2.05) is 26.0 Å². The molecule has 1 saturated heterocycles. The number of Topliss-reactive ketones (excluding diaryl/α,β-unsaturated/α-hetero) is 1. The molecule has 4 aromatic rings. The van der Waals surface area contributed by atoms with Gasteiger partial charge in [0.1, 0.15) is 34.5 Å². The Kier molecular flexibility index (Phi) is 9.10. The van der Waals surface area contributed by atoms with Crippen molar-refractivity contribution in [2.45, 2.75) is 84.3 Å². The number of piperidine rings is 1. The Balaban J connectivity index is 1.29. The molecule has 0 radical (unpaired) electrons. The Morgan fingerprint density at radius 1 is 1.02 bits per heavy atom. The number of aromatic nitrogens is 5. The zero-order valence-electron chi connectivity index (χ0n) is 28.3. The molecule has 12 nitrogen and oxygen atoms in total. The van der Waals surface area contributed by atoms with Gasteiger partial charge in [-0.1, -0.05) is 18.2 Å². The molecule has 2 aliphatic heterocycles. The third-order valence-electron chi connectivity index (χ3n) is 10.1. The molecule has 3 aromatic heterocycles. The number of halogens is 1. The largest absolute Gasteiger partial charge is 0.355 e. The average Bonchev–Trinajstić information content (AvgIpc) is 3.50. The van der Waals surface area contributed by atoms with Gasteiger partial charge in [-0.25, -0.2) is 15.0 Å². The summed E-state index contributed by atoms with van der Waals surface area (Å²) < 4.78 is 2.21. The molecule has 5 heterocycles. The van der Waals surface area contributed by atoms with Crippen molar-refractivity contribution in [3.05, 3.63) is 76.1 Å². The average molecular weight is 740 g/mol. The van der Waals surface area contributed by atoms with Crippen LogP contribution in [0.5, 0.6) is 0 Å². The summed E-state index contributed by atoms with van der Waals surface area (Å²) in [6.45, 7) is 5.40. The highest BCUT2D eigenvalue weighted by Crippen LogP contribution is 2.59. The standard InChI is InChI=1S/C37H39BrN8O4/c1-21-11-12-30(38)42-35(21)43-36(50)28-15-37-16-29(37)46(28)32(49)19-45-34-24(9-7-5-4-6-8-10-31(48)41-20-37)13-25(26-17-39-23(3)40-18-26)14-27(34)33(44-45)22(2)47/h4-5,11-14,17-18,28-29H,6-10,15-16,19-20H2,1-3H3,(H,41,48)(H,42,43,50)/t28-,29+,37-/m0/s1. The van der Waals surface area contributed by atoms with Gasteiger partial charge >= 0.3 is 0 Å². The van der Waals surface area contributed by atoms with Crippen molar-refractivity contribution in [3.8, 4) is 11.1 Å². The maximum absolute atomic E-state index is 14.5. The topological polar surface area (TPSA) is 152 Å². The number of ketones is 1. The number of hydrogen-bond donors (Lipinski definition) is 2. The third kappa shape index (κ3) is 6.58. The minimum Gasteiger partial charge on any atom is -0.355 e. The van der Waals surface area contributed by atoms with Crippen molar-refractivity contribution in [1.82, 2.24) is 34.9 Å². The van der Waals surface area contributed by atoms with Crippen molar-refractivity contribution in [2.75, 3.05) is 11.9 Å². The maximum atomic E-state index is 14.5. The molecular formula is C37H39BrN8O4. The molecule has 2 N–H and O–H groups in total. The number of carbonyl (C=O) groups excluding carboxylic acids is 4. The summed E-state index contributed by atoms with van der Waals surface area (Å²) in [5, 5.41) is 11.4. The number of nitrogens with zero attached hydrogens (tertiary/aromatic N) is 6. The Bertz CT molecular complexity index is 2060. The summed E-state index contributed by atoms with van der Waals surface area (Å²) in [5.41, 5.74) is 3.99. The number of carbonyl (C=O) groups is 4. The summed E-state index contributed by atoms with van der Waals surface area (Å²) in [7, 11) is 0. The Morgan fingerprint density at radius 3 is 2.58 bits per heavy atom. The summed E-state index contributed by atoms with van der Waals surface area (Å²) in [6, 6.07) is 6.65. The van der Waals surface area contributed by atoms with Crippen LogP contribution in [0.25, 0.3) is 22.0 Å². The van der Waals surface area contributed by atoms with E-state index < -0.39 is 11.5 Å². The fourth-order valence-electron chi connectivity index (χ4n) is 7.41. The predicted octanol–water partition coefficient (Wildman–Crippen LogP) is 5.26. The van der Waals surface area contributed by atoms with Crippen LogP contribution < -0.4 is 10.6 Å². The minimum absolute atomic E-state index is 0.0310. The van der Waals surface area contributed by atoms with Crippen LogP contribution in [0.3, 0.4) is 0 Å². The molecule has 50 heavy (non-hydrogen) atoms. The van der Waals surface area contributed by atoms with Gasteiger partial charge in [-0.05, 0) is 103 Å². The van der Waals surface area contributed by atoms with Crippen LogP contribution in [0, 0.1) is 19.3 Å². The van der Waals surface area contributed by atoms with Crippen LogP contribution >= 0.6 is 15.9 Å². The number of aryl methyl sites for hydroxylation is 3. The van der Waals surface area contributed by atoms with Crippen LogP contribution in [-0.4, -0.2) is 71.8 Å². The van der Waals surface area contributed by atoms with Gasteiger partial charge in [0.15, 0.2) is 5.78 Å². The molecule has 3 atom stereocenters. The van der Waals surface area contributed by atoms with E-state index in [1.165, 1.54) is 6.92 Å². The predicted molar refractivity (Wildman–Crippen MR) is 191 cm³/mol. The van der Waals surface area contributed by atoms with Gasteiger partial charge in [0.05, 0.1) is 5.52 Å². The van der Waals surface area contributed by atoms with E-state index in [9.17, 15) is 19.2 Å². The maximum Gasteiger partial charge on any atom is 0.248 e. The van der Waals surface area contributed by atoms with Gasteiger partial charge in [0, 0.05) is 54.7 Å². The number of benzene rings is 1. The zero-order chi connectivity index (χ0) is 35.2. The first-order valence-corrected chi connectivity index (χ1v) is 17.8. The first-order valence-electron chi connectivity index (χ1n) is 17.0. The SMILES string of the molecule is CC(=O)c1nn2c3c(cc(-c4cnc(C)nc4)cc13)CCC=CCCCC(=O)NC[C@@]13C[C@@H](C(=O)Nc4nc(Br)ccc4C)N(C(=O)C2)[C@@H]1C3. The molecule has 0 unspecified atom stereocenters. The molecule has 1 aromatic carbocycles. The molecule has 3 aliphatic rings. The van der Waals surface area contributed by atoms with Gasteiger partial charge in [0.2, 0.25) is 17.7 Å². The number of hydrogen-bond acceptors (Lipinski definition) is 8. The number of anilines is 1. The number of rotatable bonds is 4. The summed E-state index contributed by atoms with van der Waals surface area (Å²) in [5.74, 6) is 0.225. The zero-order valence-corrected chi connectivity index (χ0v) is 29.9. The van der Waals surface area contributed by atoms with Gasteiger partial charge < -0.3 is 15.5 Å². The summed E-state index contributed by atoms with van der Waals surface area (Å²) in [4.78, 5) is 69.1. The van der Waals surface area contributed by atoms with E-state index in [1.54, 1.807) is 28.0 Å². The molecule has 2 bridgehead atoms. The van der Waals surface area contributed by atoms with Crippen molar-refractivity contribution in [3.63, 3.8) is 0 Å². The van der Waals surface area contributed by atoms with Gasteiger partial charge in [-0.15, -0.1) is 0 Å². The first kappa shape index (κ1) is 33.7. The van der Waals surface area contributed by atoms with Crippen LogP contribution in [0.4, 0.5) is 5.82 Å². The molecule has 13 heteroatoms. The molecule has 1 saturated carbocycles. The molecule has 258 valence electrons. The quantitative estimate of drug-likeness (QED) is 0.164. The van der Waals surface area contributed by atoms with Gasteiger partial charge in [-0.2, -0.15) is 5.10 Å². The lowest BCUT2D eigenvalue weighted by Gasteiger charge is -2.27. The first-order chi connectivity index (χ1) is 24.0. The highest BCUT2D eigenvalue weighted by molar-refractivity contribution is 9.10. The Hall–Kier alpha value is -4.78. The fourth-order valence-corrected chi connectivity index (χ4v) is 7.71. The molecule has 2 fully saturated rings. The van der Waals surface area contributed by atoms with Crippen LogP contribution in [0.2, 0.25) is 0 Å². The second kappa shape index (κ2) is 13.5. The Labute approximate surface area is 298 Å². The lowest BCUT2D eigenvalue weighted by molar-refractivity contribution is -0.138. The molecule has 1 aliphatic carbocycles. The second-order valence-electron chi connectivity index (χ2n) is 13.7. The molecule has 0 spiro atoms. The number of allylic oxidation sites excluding steroid dienone is 2. The molecule has 7 rings (SSSR count). The van der Waals surface area contributed by atoms with Crippen molar-refractivity contribution < 1.29 is 19.2 Å². The smallest absolute Gasteiger partial charge is 0.248 e. The van der Waals surface area contributed by atoms with Crippen molar-refractivity contribution in [1.29, 1.82) is 0 Å². The summed E-state index contributed by atoms with van der Waals surface area (Å²) in [6.07, 6.45) is 12.1. The second-order valence-corrected chi connectivity index (χ2v) is 14.5. The van der Waals surface area contributed by atoms with Crippen LogP contribution in [0.15, 0.2) is 53.4 Å². The third-order valence-corrected chi connectivity index (χ3v) is 10.6. The van der Waals surface area contributed by atoms with Gasteiger partial charge in [0.25, 0.3) is 0 Å². The van der Waals surface area contributed by atoms with E-state index in [-0.39, 0.29) is 41.8 Å². The van der Waals surface area contributed by atoms with Crippen molar-refractivity contribution in [2.24, 2.45) is 5.41 Å². The van der Waals surface area contributed by atoms with Gasteiger partial charge in [-0.3, -0.25) is 23.9 Å². The summed E-state index contributed by atoms with van der Waals surface area (Å²) >= 11 is 3.38. The highest BCUT2D eigenvalue weighted by atomic mass is 79.9. The van der Waals surface area contributed by atoms with Crippen molar-refractivity contribution >= 4 is 56.2 Å². The normalized spacial score (nSPS) is 22.4. The monoisotopic (exact) mass is 738 g/mol. The van der Waals surface area contributed by atoms with E-state index in [2.05, 4.69) is 59.7 Å². The van der Waals surface area contributed by atoms with E-state index in [0.717, 1.165) is 40.6 Å². The lowest BCUT2D eigenvalue weighted by atomic mass is 9.97. The van der Waals surface area contributed by atoms with Crippen LogP contribution in [0.1, 0.15) is 72.9 Å². The number of amides is 3. The Morgan fingerprint density at radius 2 is 1.80 bits per heavy atom. The van der Waals surface area contributed by atoms with E-state index >= 15 is 0 Å². The highest BCUT2D eigenvalue weighted by Gasteiger charge is 2.67. The molecular weight excluding hydrogens is 700 g/mol. The number of nitrogens with one attached hydrogen (secondary N) is 2. The lowest BCUT2D eigenvalue weighted by Crippen LogP contribution is -2.47. The van der Waals surface area contributed by atoms with E-state index in [4.69, 9.17) is 5.10 Å². The minimum atomic E-state index is -0.772. The van der Waals surface area contributed by atoms with Crippen LogP contribution in [-0.2, 0) is 27.3 Å². The van der Waals surface area contributed by atoms with E-state index in [0.29, 0.717) is 60.3 Å². The number of pyridine rings is 1. The molecule has 3 amide bonds. The fraction of sp³-hybridized carbons (Fsp3) is 0.405.